The minimum Gasteiger partial charge on any atom is -0.383 e. The van der Waals surface area contributed by atoms with Crippen molar-refractivity contribution >= 4 is 11.5 Å². The van der Waals surface area contributed by atoms with Gasteiger partial charge in [-0.1, -0.05) is 12.1 Å². The SMILES string of the molecule is CCCn1c(N)c(NCc2cc(C)on2)c(=O)n(C)c1=O. The van der Waals surface area contributed by atoms with Crippen molar-refractivity contribution in [1.29, 1.82) is 0 Å². The summed E-state index contributed by atoms with van der Waals surface area (Å²) in [6, 6.07) is 1.76. The van der Waals surface area contributed by atoms with Crippen molar-refractivity contribution in [3.63, 3.8) is 0 Å². The summed E-state index contributed by atoms with van der Waals surface area (Å²) in [5.74, 6) is 0.828. The van der Waals surface area contributed by atoms with Gasteiger partial charge in [-0.05, 0) is 13.3 Å². The normalized spacial score (nSPS) is 10.8. The van der Waals surface area contributed by atoms with Crippen LogP contribution in [0.5, 0.6) is 0 Å². The molecule has 0 spiro atoms. The van der Waals surface area contributed by atoms with Gasteiger partial charge < -0.3 is 15.6 Å². The second kappa shape index (κ2) is 5.86. The second-order valence-corrected chi connectivity index (χ2v) is 4.84. The Morgan fingerprint density at radius 2 is 2.14 bits per heavy atom. The fraction of sp³-hybridized carbons (Fsp3) is 0.462. The van der Waals surface area contributed by atoms with Crippen molar-refractivity contribution in [3.8, 4) is 0 Å². The average Bonchev–Trinajstić information content (AvgIpc) is 2.87. The van der Waals surface area contributed by atoms with Crippen molar-refractivity contribution in [3.05, 3.63) is 38.4 Å². The molecule has 2 heterocycles. The van der Waals surface area contributed by atoms with E-state index in [1.165, 1.54) is 11.6 Å². The van der Waals surface area contributed by atoms with Crippen molar-refractivity contribution < 1.29 is 4.52 Å². The molecule has 0 aliphatic carbocycles. The summed E-state index contributed by atoms with van der Waals surface area (Å²) in [6.07, 6.45) is 0.740. The standard InChI is InChI=1S/C13H19N5O3/c1-4-5-18-11(14)10(12(19)17(3)13(18)20)15-7-9-6-8(2)21-16-9/h6,15H,4-5,7,14H2,1-3H3. The van der Waals surface area contributed by atoms with Gasteiger partial charge >= 0.3 is 5.69 Å². The Morgan fingerprint density at radius 3 is 2.71 bits per heavy atom. The van der Waals surface area contributed by atoms with Gasteiger partial charge in [0.25, 0.3) is 5.56 Å². The van der Waals surface area contributed by atoms with E-state index >= 15 is 0 Å². The fourth-order valence-electron chi connectivity index (χ4n) is 2.07. The largest absolute Gasteiger partial charge is 0.383 e. The topological polar surface area (TPSA) is 108 Å². The maximum Gasteiger partial charge on any atom is 0.332 e. The maximum absolute atomic E-state index is 12.2. The van der Waals surface area contributed by atoms with Crippen LogP contribution in [0, 0.1) is 6.92 Å². The van der Waals surface area contributed by atoms with Crippen LogP contribution in [-0.4, -0.2) is 14.3 Å². The van der Waals surface area contributed by atoms with Gasteiger partial charge in [0.2, 0.25) is 0 Å². The zero-order valence-corrected chi connectivity index (χ0v) is 12.3. The smallest absolute Gasteiger partial charge is 0.332 e. The van der Waals surface area contributed by atoms with Crippen molar-refractivity contribution in [2.24, 2.45) is 7.05 Å². The second-order valence-electron chi connectivity index (χ2n) is 4.84. The zero-order chi connectivity index (χ0) is 15.6. The number of anilines is 2. The van der Waals surface area contributed by atoms with Crippen molar-refractivity contribution in [2.75, 3.05) is 11.1 Å². The van der Waals surface area contributed by atoms with Crippen LogP contribution < -0.4 is 22.3 Å². The lowest BCUT2D eigenvalue weighted by Crippen LogP contribution is -2.40. The van der Waals surface area contributed by atoms with E-state index in [1.807, 2.05) is 6.92 Å². The van der Waals surface area contributed by atoms with Gasteiger partial charge in [-0.3, -0.25) is 13.9 Å². The first-order chi connectivity index (χ1) is 9.95. The van der Waals surface area contributed by atoms with Crippen LogP contribution in [0.3, 0.4) is 0 Å². The van der Waals surface area contributed by atoms with Crippen LogP contribution in [0.4, 0.5) is 11.5 Å². The molecule has 21 heavy (non-hydrogen) atoms. The lowest BCUT2D eigenvalue weighted by Gasteiger charge is -2.15. The van der Waals surface area contributed by atoms with Crippen LogP contribution in [-0.2, 0) is 20.1 Å². The van der Waals surface area contributed by atoms with Gasteiger partial charge in [0, 0.05) is 19.7 Å². The molecular formula is C13H19N5O3. The predicted octanol–water partition coefficient (Wildman–Crippen LogP) is 0.448. The molecule has 0 amide bonds. The number of hydrogen-bond donors (Lipinski definition) is 2. The predicted molar refractivity (Wildman–Crippen MR) is 79.2 cm³/mol. The Hall–Kier alpha value is -2.51. The van der Waals surface area contributed by atoms with Crippen LogP contribution in [0.25, 0.3) is 0 Å². The molecule has 0 saturated heterocycles. The van der Waals surface area contributed by atoms with Gasteiger partial charge in [0.1, 0.15) is 23.0 Å². The van der Waals surface area contributed by atoms with E-state index in [1.54, 1.807) is 13.0 Å². The number of aromatic nitrogens is 3. The summed E-state index contributed by atoms with van der Waals surface area (Å²) in [5, 5.41) is 6.77. The molecule has 2 aromatic rings. The molecular weight excluding hydrogens is 274 g/mol. The third-order valence-electron chi connectivity index (χ3n) is 3.15. The Bertz CT molecular complexity index is 756. The lowest BCUT2D eigenvalue weighted by atomic mass is 10.3. The van der Waals surface area contributed by atoms with Gasteiger partial charge in [-0.15, -0.1) is 0 Å². The quantitative estimate of drug-likeness (QED) is 0.828. The summed E-state index contributed by atoms with van der Waals surface area (Å²) in [7, 11) is 1.43. The highest BCUT2D eigenvalue weighted by Crippen LogP contribution is 2.13. The number of nitrogens with zero attached hydrogens (tertiary/aromatic N) is 3. The first-order valence-corrected chi connectivity index (χ1v) is 6.71. The number of nitrogens with one attached hydrogen (secondary N) is 1. The van der Waals surface area contributed by atoms with Crippen molar-refractivity contribution in [2.45, 2.75) is 33.4 Å². The van der Waals surface area contributed by atoms with Crippen LogP contribution >= 0.6 is 0 Å². The number of rotatable bonds is 5. The molecule has 0 fully saturated rings. The molecule has 114 valence electrons. The highest BCUT2D eigenvalue weighted by Gasteiger charge is 2.15. The summed E-state index contributed by atoms with van der Waals surface area (Å²) in [4.78, 5) is 24.2. The van der Waals surface area contributed by atoms with Crippen LogP contribution in [0.15, 0.2) is 20.2 Å². The van der Waals surface area contributed by atoms with Crippen LogP contribution in [0.1, 0.15) is 24.8 Å². The number of aryl methyl sites for hydroxylation is 1. The average molecular weight is 293 g/mol. The van der Waals surface area contributed by atoms with Gasteiger partial charge in [0.05, 0.1) is 6.54 Å². The summed E-state index contributed by atoms with van der Waals surface area (Å²) in [6.45, 7) is 4.46. The molecule has 8 heteroatoms. The van der Waals surface area contributed by atoms with Crippen LogP contribution in [0.2, 0.25) is 0 Å². The molecule has 0 unspecified atom stereocenters. The highest BCUT2D eigenvalue weighted by atomic mass is 16.5. The van der Waals surface area contributed by atoms with Gasteiger partial charge in [-0.25, -0.2) is 4.79 Å². The minimum absolute atomic E-state index is 0.144. The van der Waals surface area contributed by atoms with E-state index in [0.29, 0.717) is 24.5 Å². The Labute approximate surface area is 121 Å². The minimum atomic E-state index is -0.454. The first kappa shape index (κ1) is 14.9. The van der Waals surface area contributed by atoms with Gasteiger partial charge in [-0.2, -0.15) is 0 Å². The molecule has 0 aliphatic heterocycles. The third-order valence-corrected chi connectivity index (χ3v) is 3.15. The van der Waals surface area contributed by atoms with E-state index in [9.17, 15) is 9.59 Å². The molecule has 0 atom stereocenters. The molecule has 0 bridgehead atoms. The van der Waals surface area contributed by atoms with E-state index < -0.39 is 11.2 Å². The molecule has 0 radical (unpaired) electrons. The molecule has 3 N–H and O–H groups in total. The Balaban J connectivity index is 2.38. The highest BCUT2D eigenvalue weighted by molar-refractivity contribution is 5.60. The summed E-state index contributed by atoms with van der Waals surface area (Å²) in [5.41, 5.74) is 5.94. The Kier molecular flexibility index (Phi) is 4.15. The van der Waals surface area contributed by atoms with E-state index in [0.717, 1.165) is 11.0 Å². The Morgan fingerprint density at radius 1 is 1.43 bits per heavy atom. The fourth-order valence-corrected chi connectivity index (χ4v) is 2.07. The number of nitrogens with two attached hydrogens (primary N) is 1. The molecule has 8 nitrogen and oxygen atoms in total. The molecule has 0 aromatic carbocycles. The van der Waals surface area contributed by atoms with Crippen molar-refractivity contribution in [1.82, 2.24) is 14.3 Å². The molecule has 2 aromatic heterocycles. The molecule has 0 saturated carbocycles. The van der Waals surface area contributed by atoms with Gasteiger partial charge in [0.15, 0.2) is 0 Å². The number of hydrogen-bond acceptors (Lipinski definition) is 6. The molecule has 2 rings (SSSR count). The summed E-state index contributed by atoms with van der Waals surface area (Å²) < 4.78 is 7.39. The van der Waals surface area contributed by atoms with E-state index in [4.69, 9.17) is 10.3 Å². The zero-order valence-electron chi connectivity index (χ0n) is 12.3. The number of nitrogen functional groups attached to an aromatic ring is 1. The first-order valence-electron chi connectivity index (χ1n) is 6.71. The summed E-state index contributed by atoms with van der Waals surface area (Å²) >= 11 is 0. The van der Waals surface area contributed by atoms with E-state index in [-0.39, 0.29) is 11.5 Å². The third kappa shape index (κ3) is 2.83. The molecule has 0 aliphatic rings. The van der Waals surface area contributed by atoms with E-state index in [2.05, 4.69) is 10.5 Å². The lowest BCUT2D eigenvalue weighted by molar-refractivity contribution is 0.391. The maximum atomic E-state index is 12.2. The monoisotopic (exact) mass is 293 g/mol.